The van der Waals surface area contributed by atoms with Crippen molar-refractivity contribution in [1.29, 1.82) is 0 Å². The number of anilines is 2. The fourth-order valence-electron chi connectivity index (χ4n) is 2.10. The van der Waals surface area contributed by atoms with Crippen LogP contribution in [0.15, 0.2) is 23.0 Å². The number of aromatic nitrogens is 5. The fraction of sp³-hybridized carbons (Fsp3) is 0.214. The van der Waals surface area contributed by atoms with Gasteiger partial charge in [-0.15, -0.1) is 0 Å². The molecule has 0 unspecified atom stereocenters. The summed E-state index contributed by atoms with van der Waals surface area (Å²) in [6.45, 7) is 0. The third-order valence-electron chi connectivity index (χ3n) is 3.13. The lowest BCUT2D eigenvalue weighted by Crippen LogP contribution is -2.17. The van der Waals surface area contributed by atoms with Gasteiger partial charge in [0.2, 0.25) is 11.9 Å². The Morgan fingerprint density at radius 2 is 2.00 bits per heavy atom. The number of benzene rings is 1. The minimum absolute atomic E-state index is 0.116. The highest BCUT2D eigenvalue weighted by Gasteiger charge is 2.10. The van der Waals surface area contributed by atoms with Gasteiger partial charge < -0.3 is 15.6 Å². The normalized spacial score (nSPS) is 10.9. The summed E-state index contributed by atoms with van der Waals surface area (Å²) in [5.41, 5.74) is 5.97. The number of halogens is 1. The molecule has 3 N–H and O–H groups in total. The van der Waals surface area contributed by atoms with Crippen molar-refractivity contribution in [2.45, 2.75) is 6.42 Å². The first-order valence-electron chi connectivity index (χ1n) is 6.78. The molecule has 23 heavy (non-hydrogen) atoms. The Labute approximate surface area is 136 Å². The van der Waals surface area contributed by atoms with Gasteiger partial charge in [-0.3, -0.25) is 4.79 Å². The second-order valence-corrected chi connectivity index (χ2v) is 5.59. The molecule has 1 aromatic carbocycles. The molecule has 2 heterocycles. The number of nitrogens with two attached hydrogens (primary N) is 1. The van der Waals surface area contributed by atoms with E-state index in [4.69, 9.17) is 17.3 Å². The van der Waals surface area contributed by atoms with Crippen LogP contribution in [0, 0.1) is 0 Å². The van der Waals surface area contributed by atoms with Crippen LogP contribution in [0.1, 0.15) is 11.6 Å². The molecular weight excluding hydrogens is 318 g/mol. The van der Waals surface area contributed by atoms with Crippen LogP contribution in [0.5, 0.6) is 0 Å². The summed E-state index contributed by atoms with van der Waals surface area (Å²) in [7, 11) is 3.60. The van der Waals surface area contributed by atoms with Gasteiger partial charge in [0.05, 0.1) is 17.3 Å². The average molecular weight is 332 g/mol. The summed E-state index contributed by atoms with van der Waals surface area (Å²) in [4.78, 5) is 33.4. The smallest absolute Gasteiger partial charge is 0.258 e. The predicted octanol–water partition coefficient (Wildman–Crippen LogP) is 1.00. The van der Waals surface area contributed by atoms with E-state index in [2.05, 4.69) is 24.9 Å². The Morgan fingerprint density at radius 1 is 1.22 bits per heavy atom. The molecule has 0 atom stereocenters. The van der Waals surface area contributed by atoms with Crippen molar-refractivity contribution in [3.05, 3.63) is 45.2 Å². The Morgan fingerprint density at radius 3 is 2.74 bits per heavy atom. The summed E-state index contributed by atoms with van der Waals surface area (Å²) < 4.78 is 0. The molecule has 0 bridgehead atoms. The molecule has 0 spiro atoms. The molecule has 0 radical (unpaired) electrons. The number of rotatable bonds is 3. The van der Waals surface area contributed by atoms with Crippen LogP contribution in [0.4, 0.5) is 11.9 Å². The monoisotopic (exact) mass is 331 g/mol. The Balaban J connectivity index is 2.03. The van der Waals surface area contributed by atoms with Crippen molar-refractivity contribution in [1.82, 2.24) is 24.9 Å². The molecule has 0 aliphatic carbocycles. The minimum Gasteiger partial charge on any atom is -0.368 e. The number of fused-ring (bicyclic) bond motifs is 1. The molecule has 118 valence electrons. The molecule has 2 aromatic heterocycles. The van der Waals surface area contributed by atoms with Crippen LogP contribution < -0.4 is 16.2 Å². The molecule has 0 saturated heterocycles. The Bertz CT molecular complexity index is 938. The van der Waals surface area contributed by atoms with Gasteiger partial charge in [-0.1, -0.05) is 11.6 Å². The molecule has 3 aromatic rings. The van der Waals surface area contributed by atoms with Crippen LogP contribution in [0.3, 0.4) is 0 Å². The number of nitrogens with one attached hydrogen (secondary N) is 1. The van der Waals surface area contributed by atoms with Crippen LogP contribution in [-0.2, 0) is 6.42 Å². The molecule has 9 heteroatoms. The summed E-state index contributed by atoms with van der Waals surface area (Å²) in [5, 5.41) is 0.989. The topological polar surface area (TPSA) is 114 Å². The van der Waals surface area contributed by atoms with E-state index in [1.807, 2.05) is 0 Å². The zero-order valence-corrected chi connectivity index (χ0v) is 13.3. The van der Waals surface area contributed by atoms with E-state index >= 15 is 0 Å². The van der Waals surface area contributed by atoms with E-state index in [1.165, 1.54) is 0 Å². The zero-order valence-electron chi connectivity index (χ0n) is 12.5. The van der Waals surface area contributed by atoms with Gasteiger partial charge in [0, 0.05) is 19.1 Å². The number of hydrogen-bond acceptors (Lipinski definition) is 7. The maximum absolute atomic E-state index is 12.1. The lowest BCUT2D eigenvalue weighted by Gasteiger charge is -2.11. The molecule has 8 nitrogen and oxygen atoms in total. The van der Waals surface area contributed by atoms with Gasteiger partial charge in [0.1, 0.15) is 11.6 Å². The molecule has 0 aliphatic rings. The second kappa shape index (κ2) is 5.81. The van der Waals surface area contributed by atoms with Gasteiger partial charge in [-0.05, 0) is 18.2 Å². The molecule has 0 amide bonds. The minimum atomic E-state index is -0.239. The molecule has 0 aliphatic heterocycles. The van der Waals surface area contributed by atoms with Crippen molar-refractivity contribution in [3.63, 3.8) is 0 Å². The van der Waals surface area contributed by atoms with E-state index < -0.39 is 0 Å². The summed E-state index contributed by atoms with van der Waals surface area (Å²) in [5.74, 6) is 1.41. The van der Waals surface area contributed by atoms with E-state index in [1.54, 1.807) is 37.2 Å². The predicted molar refractivity (Wildman–Crippen MR) is 88.7 cm³/mol. The van der Waals surface area contributed by atoms with E-state index in [0.717, 1.165) is 0 Å². The van der Waals surface area contributed by atoms with Crippen LogP contribution in [-0.4, -0.2) is 39.0 Å². The fourth-order valence-corrected chi connectivity index (χ4v) is 2.27. The number of H-pyrrole nitrogens is 1. The van der Waals surface area contributed by atoms with Crippen LogP contribution >= 0.6 is 11.6 Å². The Kier molecular flexibility index (Phi) is 3.83. The highest BCUT2D eigenvalue weighted by Crippen LogP contribution is 2.15. The number of hydrogen-bond donors (Lipinski definition) is 2. The number of nitrogens with zero attached hydrogens (tertiary/aromatic N) is 5. The third kappa shape index (κ3) is 3.21. The second-order valence-electron chi connectivity index (χ2n) is 5.16. The molecular formula is C14H14ClN7O. The van der Waals surface area contributed by atoms with E-state index in [9.17, 15) is 4.79 Å². The molecule has 3 rings (SSSR count). The first-order chi connectivity index (χ1) is 10.9. The molecule has 0 fully saturated rings. The lowest BCUT2D eigenvalue weighted by molar-refractivity contribution is 0.855. The van der Waals surface area contributed by atoms with Gasteiger partial charge in [0.25, 0.3) is 5.56 Å². The third-order valence-corrected chi connectivity index (χ3v) is 3.37. The van der Waals surface area contributed by atoms with Gasteiger partial charge in [-0.2, -0.15) is 15.0 Å². The highest BCUT2D eigenvalue weighted by molar-refractivity contribution is 6.31. The van der Waals surface area contributed by atoms with Crippen molar-refractivity contribution in [3.8, 4) is 0 Å². The summed E-state index contributed by atoms with van der Waals surface area (Å²) >= 11 is 5.95. The van der Waals surface area contributed by atoms with Crippen molar-refractivity contribution in [2.75, 3.05) is 24.7 Å². The first-order valence-corrected chi connectivity index (χ1v) is 7.16. The summed E-state index contributed by atoms with van der Waals surface area (Å²) in [6.07, 6.45) is 0.227. The average Bonchev–Trinajstić information content (AvgIpc) is 2.46. The maximum Gasteiger partial charge on any atom is 0.258 e. The maximum atomic E-state index is 12.1. The largest absolute Gasteiger partial charge is 0.368 e. The van der Waals surface area contributed by atoms with Crippen molar-refractivity contribution < 1.29 is 0 Å². The Hall–Kier alpha value is -2.74. The summed E-state index contributed by atoms with van der Waals surface area (Å²) in [6, 6.07) is 4.93. The lowest BCUT2D eigenvalue weighted by atomic mass is 10.2. The van der Waals surface area contributed by atoms with Crippen molar-refractivity contribution >= 4 is 34.4 Å². The molecule has 0 saturated carbocycles. The number of nitrogen functional groups attached to an aromatic ring is 1. The SMILES string of the molecule is CN(C)c1nc(N)nc(Cc2nc3cc(Cl)ccc3c(=O)[nH]2)n1. The van der Waals surface area contributed by atoms with E-state index in [-0.39, 0.29) is 17.9 Å². The number of aromatic amines is 1. The highest BCUT2D eigenvalue weighted by atomic mass is 35.5. The van der Waals surface area contributed by atoms with Gasteiger partial charge in [0.15, 0.2) is 0 Å². The van der Waals surface area contributed by atoms with Crippen LogP contribution in [0.2, 0.25) is 5.02 Å². The standard InChI is InChI=1S/C14H14ClN7O/c1-22(2)14-20-11(19-13(16)21-14)6-10-17-9-5-7(15)3-4-8(9)12(23)18-10/h3-5H,6H2,1-2H3,(H,17,18,23)(H2,16,19,20,21). The quantitative estimate of drug-likeness (QED) is 0.735. The van der Waals surface area contributed by atoms with Crippen LogP contribution in [0.25, 0.3) is 10.9 Å². The van der Waals surface area contributed by atoms with Gasteiger partial charge in [-0.25, -0.2) is 4.98 Å². The van der Waals surface area contributed by atoms with Gasteiger partial charge >= 0.3 is 0 Å². The van der Waals surface area contributed by atoms with Crippen molar-refractivity contribution in [2.24, 2.45) is 0 Å². The first kappa shape index (κ1) is 15.2. The zero-order chi connectivity index (χ0) is 16.6. The van der Waals surface area contributed by atoms with E-state index in [0.29, 0.717) is 33.5 Å².